The van der Waals surface area contributed by atoms with E-state index in [1.807, 2.05) is 42.4 Å². The molecule has 1 N–H and O–H groups in total. The van der Waals surface area contributed by atoms with Crippen LogP contribution in [0.3, 0.4) is 0 Å². The number of methoxy groups -OCH3 is 1. The Balaban J connectivity index is 0.00000420. The van der Waals surface area contributed by atoms with Crippen molar-refractivity contribution >= 4 is 47.2 Å². The first-order valence-corrected chi connectivity index (χ1v) is 9.94. The van der Waals surface area contributed by atoms with Gasteiger partial charge in [0.15, 0.2) is 5.96 Å². The number of thiazole rings is 1. The Hall–Kier alpha value is -1.88. The standard InChI is InChI=1S/C20H29N5O2S.HI/c1-15-12-21-18(28-15)10-11-25(4)20(23-14-19(26)24(2)3)22-13-16-6-8-17(27-5)9-7-16;/h6-9,12H,10-11,13-14H2,1-5H3,(H,22,23);1H. The van der Waals surface area contributed by atoms with Crippen LogP contribution in [0.2, 0.25) is 0 Å². The summed E-state index contributed by atoms with van der Waals surface area (Å²) in [5.41, 5.74) is 1.07. The predicted molar refractivity (Wildman–Crippen MR) is 129 cm³/mol. The van der Waals surface area contributed by atoms with Gasteiger partial charge < -0.3 is 19.9 Å². The summed E-state index contributed by atoms with van der Waals surface area (Å²) in [5, 5.41) is 4.28. The Kier molecular flexibility index (Phi) is 11.0. The van der Waals surface area contributed by atoms with E-state index in [1.165, 1.54) is 4.88 Å². The first kappa shape index (κ1) is 25.2. The summed E-state index contributed by atoms with van der Waals surface area (Å²) < 4.78 is 5.19. The smallest absolute Gasteiger partial charge is 0.241 e. The van der Waals surface area contributed by atoms with Crippen molar-refractivity contribution in [3.05, 3.63) is 45.9 Å². The second kappa shape index (κ2) is 12.6. The number of likely N-dealkylation sites (N-methyl/N-ethyl adjacent to an activating group) is 2. The maximum absolute atomic E-state index is 12.0. The summed E-state index contributed by atoms with van der Waals surface area (Å²) in [6.07, 6.45) is 2.73. The molecule has 0 radical (unpaired) electrons. The molecule has 2 aromatic rings. The number of benzene rings is 1. The zero-order chi connectivity index (χ0) is 20.5. The molecule has 1 aromatic heterocycles. The van der Waals surface area contributed by atoms with Gasteiger partial charge in [-0.25, -0.2) is 9.98 Å². The molecule has 29 heavy (non-hydrogen) atoms. The molecule has 2 rings (SSSR count). The average molecular weight is 531 g/mol. The van der Waals surface area contributed by atoms with Gasteiger partial charge in [-0.2, -0.15) is 0 Å². The number of nitrogens with one attached hydrogen (secondary N) is 1. The summed E-state index contributed by atoms with van der Waals surface area (Å²) >= 11 is 1.71. The summed E-state index contributed by atoms with van der Waals surface area (Å²) in [5.74, 6) is 1.51. The quantitative estimate of drug-likeness (QED) is 0.323. The topological polar surface area (TPSA) is 70.1 Å². The van der Waals surface area contributed by atoms with Gasteiger partial charge in [-0.15, -0.1) is 35.3 Å². The first-order chi connectivity index (χ1) is 13.4. The minimum absolute atomic E-state index is 0. The molecule has 1 amide bonds. The number of rotatable bonds is 8. The molecular formula is C20H30IN5O2S. The van der Waals surface area contributed by atoms with E-state index < -0.39 is 0 Å². The minimum atomic E-state index is 0. The van der Waals surface area contributed by atoms with E-state index in [2.05, 4.69) is 17.2 Å². The van der Waals surface area contributed by atoms with Crippen LogP contribution in [0.25, 0.3) is 0 Å². The highest BCUT2D eigenvalue weighted by atomic mass is 127. The summed E-state index contributed by atoms with van der Waals surface area (Å²) in [4.78, 5) is 25.9. The lowest BCUT2D eigenvalue weighted by Gasteiger charge is -2.22. The fourth-order valence-corrected chi connectivity index (χ4v) is 3.18. The zero-order valence-electron chi connectivity index (χ0n) is 17.6. The summed E-state index contributed by atoms with van der Waals surface area (Å²) in [6, 6.07) is 7.82. The lowest BCUT2D eigenvalue weighted by molar-refractivity contribution is -0.127. The molecule has 160 valence electrons. The maximum Gasteiger partial charge on any atom is 0.241 e. The maximum atomic E-state index is 12.0. The van der Waals surface area contributed by atoms with Crippen LogP contribution in [0.5, 0.6) is 5.75 Å². The van der Waals surface area contributed by atoms with E-state index in [0.29, 0.717) is 12.5 Å². The molecule has 0 bridgehead atoms. The number of aliphatic imine (C=N–C) groups is 1. The lowest BCUT2D eigenvalue weighted by atomic mass is 10.2. The largest absolute Gasteiger partial charge is 0.497 e. The van der Waals surface area contributed by atoms with Gasteiger partial charge in [0.25, 0.3) is 0 Å². The molecule has 0 aliphatic heterocycles. The van der Waals surface area contributed by atoms with Gasteiger partial charge in [-0.1, -0.05) is 12.1 Å². The summed E-state index contributed by atoms with van der Waals surface area (Å²) in [6.45, 7) is 3.54. The molecular weight excluding hydrogens is 501 g/mol. The van der Waals surface area contributed by atoms with Crippen molar-refractivity contribution in [1.29, 1.82) is 0 Å². The van der Waals surface area contributed by atoms with Crippen molar-refractivity contribution in [1.82, 2.24) is 20.1 Å². The van der Waals surface area contributed by atoms with Crippen molar-refractivity contribution < 1.29 is 9.53 Å². The van der Waals surface area contributed by atoms with Crippen LogP contribution in [0.4, 0.5) is 0 Å². The number of nitrogens with zero attached hydrogens (tertiary/aromatic N) is 4. The van der Waals surface area contributed by atoms with Gasteiger partial charge in [0.05, 0.1) is 25.2 Å². The van der Waals surface area contributed by atoms with Crippen molar-refractivity contribution in [2.24, 2.45) is 4.99 Å². The second-order valence-electron chi connectivity index (χ2n) is 6.67. The van der Waals surface area contributed by atoms with Gasteiger partial charge in [0.1, 0.15) is 5.75 Å². The van der Waals surface area contributed by atoms with Crippen molar-refractivity contribution in [2.75, 3.05) is 41.3 Å². The van der Waals surface area contributed by atoms with Crippen LogP contribution in [0.1, 0.15) is 15.4 Å². The van der Waals surface area contributed by atoms with E-state index in [9.17, 15) is 4.79 Å². The van der Waals surface area contributed by atoms with Crippen LogP contribution >= 0.6 is 35.3 Å². The number of halogens is 1. The highest BCUT2D eigenvalue weighted by molar-refractivity contribution is 14.0. The molecule has 0 spiro atoms. The van der Waals surface area contributed by atoms with E-state index >= 15 is 0 Å². The molecule has 1 aromatic carbocycles. The van der Waals surface area contributed by atoms with Crippen molar-refractivity contribution in [2.45, 2.75) is 19.9 Å². The van der Waals surface area contributed by atoms with Gasteiger partial charge in [0, 0.05) is 45.2 Å². The van der Waals surface area contributed by atoms with Gasteiger partial charge >= 0.3 is 0 Å². The summed E-state index contributed by atoms with van der Waals surface area (Å²) in [7, 11) is 7.11. The Bertz CT molecular complexity index is 792. The minimum Gasteiger partial charge on any atom is -0.497 e. The van der Waals surface area contributed by atoms with E-state index in [0.717, 1.165) is 29.3 Å². The molecule has 0 aliphatic rings. The van der Waals surface area contributed by atoms with Gasteiger partial charge in [0.2, 0.25) is 5.91 Å². The number of amides is 1. The normalized spacial score (nSPS) is 10.9. The Morgan fingerprint density at radius 3 is 2.48 bits per heavy atom. The Morgan fingerprint density at radius 2 is 1.93 bits per heavy atom. The Morgan fingerprint density at radius 1 is 1.24 bits per heavy atom. The van der Waals surface area contributed by atoms with E-state index in [1.54, 1.807) is 37.4 Å². The fraction of sp³-hybridized carbons (Fsp3) is 0.450. The van der Waals surface area contributed by atoms with Crippen LogP contribution in [-0.4, -0.2) is 68.0 Å². The third-order valence-corrected chi connectivity index (χ3v) is 5.13. The first-order valence-electron chi connectivity index (χ1n) is 9.13. The Labute approximate surface area is 194 Å². The van der Waals surface area contributed by atoms with Gasteiger partial charge in [-0.3, -0.25) is 4.79 Å². The number of hydrogen-bond donors (Lipinski definition) is 1. The molecule has 0 fully saturated rings. The van der Waals surface area contributed by atoms with E-state index in [-0.39, 0.29) is 36.4 Å². The molecule has 9 heteroatoms. The van der Waals surface area contributed by atoms with Crippen LogP contribution in [0, 0.1) is 6.92 Å². The molecule has 0 unspecified atom stereocenters. The third-order valence-electron chi connectivity index (χ3n) is 4.16. The third kappa shape index (κ3) is 8.57. The zero-order valence-corrected chi connectivity index (χ0v) is 20.8. The number of hydrogen-bond acceptors (Lipinski definition) is 5. The highest BCUT2D eigenvalue weighted by Gasteiger charge is 2.11. The molecule has 0 aliphatic carbocycles. The number of carbonyl (C=O) groups excluding carboxylic acids is 1. The molecule has 1 heterocycles. The van der Waals surface area contributed by atoms with Crippen molar-refractivity contribution in [3.8, 4) is 5.75 Å². The fourth-order valence-electron chi connectivity index (χ4n) is 2.41. The van der Waals surface area contributed by atoms with Crippen LogP contribution < -0.4 is 10.1 Å². The van der Waals surface area contributed by atoms with E-state index in [4.69, 9.17) is 9.73 Å². The lowest BCUT2D eigenvalue weighted by Crippen LogP contribution is -2.44. The number of carbonyl (C=O) groups is 1. The second-order valence-corrected chi connectivity index (χ2v) is 7.99. The molecule has 0 saturated heterocycles. The average Bonchev–Trinajstić information content (AvgIpc) is 3.11. The monoisotopic (exact) mass is 531 g/mol. The molecule has 0 saturated carbocycles. The van der Waals surface area contributed by atoms with Gasteiger partial charge in [-0.05, 0) is 24.6 Å². The number of aromatic nitrogens is 1. The SMILES string of the molecule is COc1ccc(CN=C(NCC(=O)N(C)C)N(C)CCc2ncc(C)s2)cc1.I. The van der Waals surface area contributed by atoms with Crippen LogP contribution in [-0.2, 0) is 17.8 Å². The van der Waals surface area contributed by atoms with Crippen molar-refractivity contribution in [3.63, 3.8) is 0 Å². The predicted octanol–water partition coefficient (Wildman–Crippen LogP) is 2.79. The highest BCUT2D eigenvalue weighted by Crippen LogP contribution is 2.13. The molecule has 0 atom stereocenters. The van der Waals surface area contributed by atoms with Crippen LogP contribution in [0.15, 0.2) is 35.5 Å². The number of ether oxygens (including phenoxy) is 1. The number of aryl methyl sites for hydroxylation is 1. The molecule has 7 nitrogen and oxygen atoms in total. The number of guanidine groups is 1.